The molecule has 1 aliphatic rings. The molecule has 2 heterocycles. The SMILES string of the molecule is CCOc1cccc2c1OCC(NS(=O)(=O)c1cnn(C(F)F)c1C)C2. The molecule has 142 valence electrons. The van der Waals surface area contributed by atoms with Gasteiger partial charge in [-0.3, -0.25) is 0 Å². The number of para-hydroxylation sites is 1. The van der Waals surface area contributed by atoms with Crippen LogP contribution in [0.1, 0.15) is 24.7 Å². The van der Waals surface area contributed by atoms with Gasteiger partial charge in [0.15, 0.2) is 11.5 Å². The minimum atomic E-state index is -4.00. The third-order valence-corrected chi connectivity index (χ3v) is 5.67. The summed E-state index contributed by atoms with van der Waals surface area (Å²) in [5.41, 5.74) is 0.693. The molecule has 0 spiro atoms. The van der Waals surface area contributed by atoms with Gasteiger partial charge >= 0.3 is 6.55 Å². The molecule has 0 bridgehead atoms. The average Bonchev–Trinajstić information content (AvgIpc) is 2.97. The van der Waals surface area contributed by atoms with E-state index in [2.05, 4.69) is 9.82 Å². The van der Waals surface area contributed by atoms with Gasteiger partial charge in [-0.05, 0) is 31.9 Å². The molecule has 0 fully saturated rings. The maximum Gasteiger partial charge on any atom is 0.333 e. The average molecular weight is 387 g/mol. The first-order valence-electron chi connectivity index (χ1n) is 8.05. The molecule has 7 nitrogen and oxygen atoms in total. The fourth-order valence-electron chi connectivity index (χ4n) is 2.89. The van der Waals surface area contributed by atoms with Gasteiger partial charge < -0.3 is 9.47 Å². The number of ether oxygens (including phenoxy) is 2. The fourth-order valence-corrected chi connectivity index (χ4v) is 4.28. The molecule has 10 heteroatoms. The van der Waals surface area contributed by atoms with E-state index in [-0.39, 0.29) is 17.2 Å². The molecule has 2 aromatic rings. The number of sulfonamides is 1. The molecular formula is C16H19F2N3O4S. The van der Waals surface area contributed by atoms with Gasteiger partial charge in [-0.25, -0.2) is 17.8 Å². The number of hydrogen-bond donors (Lipinski definition) is 1. The normalized spacial score (nSPS) is 17.0. The quantitative estimate of drug-likeness (QED) is 0.822. The Balaban J connectivity index is 1.79. The van der Waals surface area contributed by atoms with Crippen molar-refractivity contribution in [1.82, 2.24) is 14.5 Å². The van der Waals surface area contributed by atoms with Crippen molar-refractivity contribution < 1.29 is 26.7 Å². The van der Waals surface area contributed by atoms with Crippen LogP contribution in [-0.4, -0.2) is 37.5 Å². The van der Waals surface area contributed by atoms with Crippen LogP contribution in [0.3, 0.4) is 0 Å². The van der Waals surface area contributed by atoms with Gasteiger partial charge in [0, 0.05) is 0 Å². The van der Waals surface area contributed by atoms with Crippen LogP contribution in [0, 0.1) is 6.92 Å². The number of nitrogens with zero attached hydrogens (tertiary/aromatic N) is 2. The van der Waals surface area contributed by atoms with Crippen molar-refractivity contribution in [3.05, 3.63) is 35.7 Å². The smallest absolute Gasteiger partial charge is 0.333 e. The predicted octanol–water partition coefficient (Wildman–Crippen LogP) is 2.27. The van der Waals surface area contributed by atoms with Crippen molar-refractivity contribution in [3.8, 4) is 11.5 Å². The maximum atomic E-state index is 12.8. The summed E-state index contributed by atoms with van der Waals surface area (Å²) in [4.78, 5) is -0.272. The summed E-state index contributed by atoms with van der Waals surface area (Å²) in [5, 5.41) is 3.44. The Labute approximate surface area is 150 Å². The number of fused-ring (bicyclic) bond motifs is 1. The van der Waals surface area contributed by atoms with Crippen molar-refractivity contribution in [3.63, 3.8) is 0 Å². The molecule has 3 rings (SSSR count). The number of benzene rings is 1. The second-order valence-electron chi connectivity index (χ2n) is 5.83. The number of alkyl halides is 2. The second kappa shape index (κ2) is 7.20. The molecule has 1 aromatic heterocycles. The van der Waals surface area contributed by atoms with Crippen LogP contribution in [0.2, 0.25) is 0 Å². The zero-order valence-electron chi connectivity index (χ0n) is 14.3. The lowest BCUT2D eigenvalue weighted by Gasteiger charge is -2.27. The van der Waals surface area contributed by atoms with E-state index in [4.69, 9.17) is 9.47 Å². The Hall–Kier alpha value is -2.20. The maximum absolute atomic E-state index is 12.8. The number of rotatable bonds is 6. The summed E-state index contributed by atoms with van der Waals surface area (Å²) in [5.74, 6) is 1.21. The van der Waals surface area contributed by atoms with Crippen molar-refractivity contribution in [2.24, 2.45) is 0 Å². The van der Waals surface area contributed by atoms with E-state index in [0.29, 0.717) is 29.2 Å². The van der Waals surface area contributed by atoms with Gasteiger partial charge in [-0.15, -0.1) is 0 Å². The van der Waals surface area contributed by atoms with Gasteiger partial charge in [0.2, 0.25) is 10.0 Å². The molecule has 1 aromatic carbocycles. The molecule has 1 aliphatic heterocycles. The summed E-state index contributed by atoms with van der Waals surface area (Å²) in [7, 11) is -4.00. The summed E-state index contributed by atoms with van der Waals surface area (Å²) in [6.07, 6.45) is 1.33. The van der Waals surface area contributed by atoms with Crippen LogP contribution in [0.15, 0.2) is 29.3 Å². The molecule has 0 saturated heterocycles. The van der Waals surface area contributed by atoms with Crippen LogP contribution in [0.4, 0.5) is 8.78 Å². The zero-order chi connectivity index (χ0) is 18.9. The molecule has 1 N–H and O–H groups in total. The third kappa shape index (κ3) is 3.51. The van der Waals surface area contributed by atoms with Crippen LogP contribution in [0.5, 0.6) is 11.5 Å². The van der Waals surface area contributed by atoms with Gasteiger partial charge in [0.1, 0.15) is 11.5 Å². The molecule has 1 unspecified atom stereocenters. The number of hydrogen-bond acceptors (Lipinski definition) is 5. The molecule has 1 atom stereocenters. The van der Waals surface area contributed by atoms with E-state index >= 15 is 0 Å². The zero-order valence-corrected chi connectivity index (χ0v) is 15.1. The van der Waals surface area contributed by atoms with Crippen molar-refractivity contribution in [2.75, 3.05) is 13.2 Å². The lowest BCUT2D eigenvalue weighted by molar-refractivity contribution is 0.0541. The van der Waals surface area contributed by atoms with E-state index in [1.165, 1.54) is 6.92 Å². The largest absolute Gasteiger partial charge is 0.490 e. The summed E-state index contributed by atoms with van der Waals surface area (Å²) >= 11 is 0. The van der Waals surface area contributed by atoms with Crippen molar-refractivity contribution in [2.45, 2.75) is 37.8 Å². The second-order valence-corrected chi connectivity index (χ2v) is 7.51. The Bertz CT molecular complexity index is 899. The Morgan fingerprint density at radius 1 is 1.46 bits per heavy atom. The van der Waals surface area contributed by atoms with Crippen LogP contribution in [0.25, 0.3) is 0 Å². The first kappa shape index (κ1) is 18.6. The predicted molar refractivity (Wildman–Crippen MR) is 89.1 cm³/mol. The molecule has 26 heavy (non-hydrogen) atoms. The molecule has 0 radical (unpaired) electrons. The van der Waals surface area contributed by atoms with Crippen LogP contribution < -0.4 is 14.2 Å². The van der Waals surface area contributed by atoms with Crippen molar-refractivity contribution in [1.29, 1.82) is 0 Å². The first-order chi connectivity index (χ1) is 12.3. The summed E-state index contributed by atoms with van der Waals surface area (Å²) < 4.78 is 64.8. The van der Waals surface area contributed by atoms with Gasteiger partial charge in [-0.2, -0.15) is 13.9 Å². The third-order valence-electron chi connectivity index (χ3n) is 4.05. The van der Waals surface area contributed by atoms with E-state index in [0.717, 1.165) is 11.8 Å². The van der Waals surface area contributed by atoms with Crippen molar-refractivity contribution >= 4 is 10.0 Å². The summed E-state index contributed by atoms with van der Waals surface area (Å²) in [6.45, 7) is 0.845. The monoisotopic (exact) mass is 387 g/mol. The molecule has 0 saturated carbocycles. The van der Waals surface area contributed by atoms with Gasteiger partial charge in [0.25, 0.3) is 0 Å². The lowest BCUT2D eigenvalue weighted by atomic mass is 10.0. The van der Waals surface area contributed by atoms with E-state index in [1.54, 1.807) is 12.1 Å². The van der Waals surface area contributed by atoms with E-state index in [9.17, 15) is 17.2 Å². The molecular weight excluding hydrogens is 368 g/mol. The topological polar surface area (TPSA) is 82.4 Å². The van der Waals surface area contributed by atoms with Gasteiger partial charge in [0.05, 0.1) is 24.5 Å². The fraction of sp³-hybridized carbons (Fsp3) is 0.438. The Kier molecular flexibility index (Phi) is 5.15. The number of halogens is 2. The minimum absolute atomic E-state index is 0.109. The first-order valence-corrected chi connectivity index (χ1v) is 9.54. The van der Waals surface area contributed by atoms with Crippen LogP contribution >= 0.6 is 0 Å². The highest BCUT2D eigenvalue weighted by atomic mass is 32.2. The standard InChI is InChI=1S/C16H19F2N3O4S/c1-3-24-13-6-4-5-11-7-12(9-25-15(11)13)20-26(22,23)14-8-19-21(10(14)2)16(17)18/h4-6,8,12,16,20H,3,7,9H2,1-2H3. The molecule has 0 amide bonds. The minimum Gasteiger partial charge on any atom is -0.490 e. The number of nitrogens with one attached hydrogen (secondary N) is 1. The highest BCUT2D eigenvalue weighted by Gasteiger charge is 2.30. The highest BCUT2D eigenvalue weighted by Crippen LogP contribution is 2.35. The van der Waals surface area contributed by atoms with E-state index < -0.39 is 22.6 Å². The number of aromatic nitrogens is 2. The Morgan fingerprint density at radius 2 is 2.23 bits per heavy atom. The van der Waals surface area contributed by atoms with Gasteiger partial charge in [-0.1, -0.05) is 12.1 Å². The van der Waals surface area contributed by atoms with E-state index in [1.807, 2.05) is 13.0 Å². The molecule has 0 aliphatic carbocycles. The summed E-state index contributed by atoms with van der Waals surface area (Å²) in [6, 6.07) is 4.90. The van der Waals surface area contributed by atoms with Crippen LogP contribution in [-0.2, 0) is 16.4 Å². The highest BCUT2D eigenvalue weighted by molar-refractivity contribution is 7.89. The Morgan fingerprint density at radius 3 is 2.88 bits per heavy atom. The lowest BCUT2D eigenvalue weighted by Crippen LogP contribution is -2.42.